The number of aliphatic imine (C=N–C) groups is 1. The number of nitrogens with zero attached hydrogens (tertiary/aromatic N) is 1. The largest absolute Gasteiger partial charge is 0.488 e. The molecular weight excluding hydrogens is 355 g/mol. The van der Waals surface area contributed by atoms with Crippen LogP contribution < -0.4 is 10.1 Å². The minimum absolute atomic E-state index is 0.0710. The number of hydrogen-bond acceptors (Lipinski definition) is 4. The Morgan fingerprint density at radius 1 is 1.23 bits per heavy atom. The van der Waals surface area contributed by atoms with Crippen LogP contribution in [-0.2, 0) is 16.2 Å². The third-order valence-corrected chi connectivity index (χ3v) is 4.35. The van der Waals surface area contributed by atoms with Crippen molar-refractivity contribution in [1.82, 2.24) is 5.32 Å². The number of carbonyl (C=O) groups is 2. The van der Waals surface area contributed by atoms with E-state index in [1.165, 1.54) is 13.0 Å². The SMILES string of the molecule is CC(=O)NC1=NC(=O)/C(=C/c2ccccc2OCc2ccccc2F)S1. The molecular formula is C19H15FN2O3S. The van der Waals surface area contributed by atoms with Gasteiger partial charge in [-0.25, -0.2) is 4.39 Å². The molecule has 0 radical (unpaired) electrons. The zero-order valence-corrected chi connectivity index (χ0v) is 14.7. The lowest BCUT2D eigenvalue weighted by molar-refractivity contribution is -0.117. The molecule has 1 aliphatic heterocycles. The average Bonchev–Trinajstić information content (AvgIpc) is 2.93. The Labute approximate surface area is 154 Å². The number of benzene rings is 2. The summed E-state index contributed by atoms with van der Waals surface area (Å²) in [5.74, 6) is -0.538. The highest BCUT2D eigenvalue weighted by atomic mass is 32.2. The van der Waals surface area contributed by atoms with Gasteiger partial charge in [-0.05, 0) is 30.0 Å². The molecule has 0 saturated carbocycles. The van der Waals surface area contributed by atoms with Gasteiger partial charge in [0, 0.05) is 18.1 Å². The third-order valence-electron chi connectivity index (χ3n) is 3.45. The number of para-hydroxylation sites is 1. The van der Waals surface area contributed by atoms with Gasteiger partial charge in [0.15, 0.2) is 5.17 Å². The minimum Gasteiger partial charge on any atom is -0.488 e. The molecule has 1 aliphatic rings. The number of amidine groups is 1. The summed E-state index contributed by atoms with van der Waals surface area (Å²) in [5, 5.41) is 2.74. The second kappa shape index (κ2) is 7.97. The van der Waals surface area contributed by atoms with E-state index >= 15 is 0 Å². The average molecular weight is 370 g/mol. The highest BCUT2D eigenvalue weighted by molar-refractivity contribution is 8.18. The molecule has 0 aliphatic carbocycles. The van der Waals surface area contributed by atoms with Crippen LogP contribution in [0.4, 0.5) is 4.39 Å². The Kier molecular flexibility index (Phi) is 5.48. The van der Waals surface area contributed by atoms with Gasteiger partial charge in [0.1, 0.15) is 18.2 Å². The van der Waals surface area contributed by atoms with Crippen LogP contribution in [-0.4, -0.2) is 17.0 Å². The van der Waals surface area contributed by atoms with E-state index in [9.17, 15) is 14.0 Å². The van der Waals surface area contributed by atoms with E-state index in [1.54, 1.807) is 42.5 Å². The molecule has 2 aromatic carbocycles. The van der Waals surface area contributed by atoms with Gasteiger partial charge in [0.05, 0.1) is 4.91 Å². The van der Waals surface area contributed by atoms with Crippen molar-refractivity contribution in [3.63, 3.8) is 0 Å². The molecule has 0 spiro atoms. The molecule has 26 heavy (non-hydrogen) atoms. The molecule has 1 heterocycles. The Morgan fingerprint density at radius 3 is 2.73 bits per heavy atom. The summed E-state index contributed by atoms with van der Waals surface area (Å²) in [6, 6.07) is 13.5. The quantitative estimate of drug-likeness (QED) is 0.837. The van der Waals surface area contributed by atoms with E-state index in [0.29, 0.717) is 21.8 Å². The molecule has 0 bridgehead atoms. The second-order valence-electron chi connectivity index (χ2n) is 5.43. The summed E-state index contributed by atoms with van der Waals surface area (Å²) in [4.78, 5) is 27.2. The molecule has 132 valence electrons. The minimum atomic E-state index is -0.428. The fourth-order valence-electron chi connectivity index (χ4n) is 2.26. The Hall–Kier alpha value is -2.93. The smallest absolute Gasteiger partial charge is 0.286 e. The number of halogens is 1. The van der Waals surface area contributed by atoms with Crippen LogP contribution in [0.25, 0.3) is 6.08 Å². The number of thioether (sulfide) groups is 1. The monoisotopic (exact) mass is 370 g/mol. The van der Waals surface area contributed by atoms with Crippen molar-refractivity contribution in [1.29, 1.82) is 0 Å². The molecule has 2 amide bonds. The van der Waals surface area contributed by atoms with Crippen molar-refractivity contribution in [3.8, 4) is 5.75 Å². The van der Waals surface area contributed by atoms with E-state index in [-0.39, 0.29) is 23.5 Å². The number of hydrogen-bond donors (Lipinski definition) is 1. The molecule has 5 nitrogen and oxygen atoms in total. The topological polar surface area (TPSA) is 67.8 Å². The normalized spacial score (nSPS) is 15.1. The molecule has 0 saturated heterocycles. The Morgan fingerprint density at radius 2 is 1.96 bits per heavy atom. The van der Waals surface area contributed by atoms with Crippen LogP contribution in [0.2, 0.25) is 0 Å². The van der Waals surface area contributed by atoms with Crippen LogP contribution in [0.15, 0.2) is 58.4 Å². The standard InChI is InChI=1S/C19H15FN2O3S/c1-12(23)21-19-22-18(24)17(26-19)10-13-6-3-5-9-16(13)25-11-14-7-2-4-8-15(14)20/h2-10H,11H2,1H3,(H,21,22,23,24)/b17-10-. The van der Waals surface area contributed by atoms with Crippen molar-refractivity contribution < 1.29 is 18.7 Å². The van der Waals surface area contributed by atoms with Crippen LogP contribution in [0, 0.1) is 5.82 Å². The molecule has 0 unspecified atom stereocenters. The van der Waals surface area contributed by atoms with E-state index in [2.05, 4.69) is 10.3 Å². The van der Waals surface area contributed by atoms with Gasteiger partial charge >= 0.3 is 0 Å². The molecule has 3 rings (SSSR count). The summed E-state index contributed by atoms with van der Waals surface area (Å²) in [5.41, 5.74) is 1.11. The zero-order chi connectivity index (χ0) is 18.5. The summed E-state index contributed by atoms with van der Waals surface area (Å²) < 4.78 is 19.5. The first-order chi connectivity index (χ1) is 12.5. The van der Waals surface area contributed by atoms with E-state index in [0.717, 1.165) is 11.8 Å². The molecule has 2 aromatic rings. The van der Waals surface area contributed by atoms with Crippen molar-refractivity contribution in [2.75, 3.05) is 0 Å². The van der Waals surface area contributed by atoms with Gasteiger partial charge in [0.25, 0.3) is 5.91 Å². The van der Waals surface area contributed by atoms with Gasteiger partial charge in [-0.3, -0.25) is 9.59 Å². The molecule has 0 fully saturated rings. The molecule has 1 N–H and O–H groups in total. The van der Waals surface area contributed by atoms with Gasteiger partial charge in [-0.1, -0.05) is 36.4 Å². The second-order valence-corrected chi connectivity index (χ2v) is 6.46. The first-order valence-corrected chi connectivity index (χ1v) is 8.60. The Bertz CT molecular complexity index is 925. The lowest BCUT2D eigenvalue weighted by Gasteiger charge is -2.10. The highest BCUT2D eigenvalue weighted by Gasteiger charge is 2.23. The summed E-state index contributed by atoms with van der Waals surface area (Å²) in [6.45, 7) is 1.42. The summed E-state index contributed by atoms with van der Waals surface area (Å²) in [7, 11) is 0. The first-order valence-electron chi connectivity index (χ1n) is 7.78. The van der Waals surface area contributed by atoms with Crippen LogP contribution in [0.3, 0.4) is 0 Å². The maximum atomic E-state index is 13.7. The number of ether oxygens (including phenoxy) is 1. The van der Waals surface area contributed by atoms with Crippen LogP contribution in [0.5, 0.6) is 5.75 Å². The number of rotatable bonds is 4. The summed E-state index contributed by atoms with van der Waals surface area (Å²) in [6.07, 6.45) is 1.64. The predicted octanol–water partition coefficient (Wildman–Crippen LogP) is 3.51. The summed E-state index contributed by atoms with van der Waals surface area (Å²) >= 11 is 1.08. The predicted molar refractivity (Wildman–Crippen MR) is 99.0 cm³/mol. The maximum absolute atomic E-state index is 13.7. The molecule has 7 heteroatoms. The van der Waals surface area contributed by atoms with Gasteiger partial charge in [0.2, 0.25) is 5.91 Å². The fraction of sp³-hybridized carbons (Fsp3) is 0.105. The molecule has 0 aromatic heterocycles. The number of amides is 2. The van der Waals surface area contributed by atoms with Crippen LogP contribution >= 0.6 is 11.8 Å². The van der Waals surface area contributed by atoms with Crippen molar-refractivity contribution in [3.05, 3.63) is 70.4 Å². The highest BCUT2D eigenvalue weighted by Crippen LogP contribution is 2.30. The van der Waals surface area contributed by atoms with Gasteiger partial charge < -0.3 is 10.1 Å². The van der Waals surface area contributed by atoms with Crippen molar-refractivity contribution in [2.24, 2.45) is 4.99 Å². The number of carbonyl (C=O) groups excluding carboxylic acids is 2. The maximum Gasteiger partial charge on any atom is 0.286 e. The Balaban J connectivity index is 1.77. The molecule has 0 atom stereocenters. The van der Waals surface area contributed by atoms with Crippen molar-refractivity contribution in [2.45, 2.75) is 13.5 Å². The van der Waals surface area contributed by atoms with E-state index < -0.39 is 5.91 Å². The number of nitrogens with one attached hydrogen (secondary N) is 1. The zero-order valence-electron chi connectivity index (χ0n) is 13.9. The van der Waals surface area contributed by atoms with E-state index in [4.69, 9.17) is 4.74 Å². The lowest BCUT2D eigenvalue weighted by atomic mass is 10.2. The van der Waals surface area contributed by atoms with E-state index in [1.807, 2.05) is 6.07 Å². The van der Waals surface area contributed by atoms with Gasteiger partial charge in [-0.15, -0.1) is 0 Å². The first kappa shape index (κ1) is 17.9. The lowest BCUT2D eigenvalue weighted by Crippen LogP contribution is -2.23. The van der Waals surface area contributed by atoms with Gasteiger partial charge in [-0.2, -0.15) is 4.99 Å². The third kappa shape index (κ3) is 4.37. The fourth-order valence-corrected chi connectivity index (χ4v) is 3.11. The van der Waals surface area contributed by atoms with Crippen molar-refractivity contribution >= 4 is 34.8 Å². The van der Waals surface area contributed by atoms with Crippen LogP contribution in [0.1, 0.15) is 18.1 Å².